The molecule has 41 heavy (non-hydrogen) atoms. The van der Waals surface area contributed by atoms with Gasteiger partial charge in [0, 0.05) is 0 Å². The Morgan fingerprint density at radius 3 is 2.27 bits per heavy atom. The second-order valence-corrected chi connectivity index (χ2v) is 12.4. The molecular formula is C28H46O13. The second kappa shape index (κ2) is 12.9. The molecule has 0 radical (unpaired) electrons. The molecule has 1 spiro atoms. The van der Waals surface area contributed by atoms with Gasteiger partial charge in [-0.15, -0.1) is 0 Å². The Morgan fingerprint density at radius 2 is 1.61 bits per heavy atom. The van der Waals surface area contributed by atoms with Crippen LogP contribution in [0.2, 0.25) is 0 Å². The molecule has 3 aliphatic heterocycles. The molecule has 0 amide bonds. The van der Waals surface area contributed by atoms with Gasteiger partial charge in [0.15, 0.2) is 18.7 Å². The van der Waals surface area contributed by atoms with Crippen LogP contribution in [-0.2, 0) is 33.2 Å². The summed E-state index contributed by atoms with van der Waals surface area (Å²) >= 11 is 0. The zero-order valence-electron chi connectivity index (χ0n) is 23.7. The highest BCUT2D eigenvalue weighted by molar-refractivity contribution is 5.72. The first kappa shape index (κ1) is 31.5. The van der Waals surface area contributed by atoms with Crippen molar-refractivity contribution in [2.24, 2.45) is 5.92 Å². The van der Waals surface area contributed by atoms with E-state index >= 15 is 0 Å². The first-order valence-electron chi connectivity index (χ1n) is 15.1. The Labute approximate surface area is 239 Å². The van der Waals surface area contributed by atoms with E-state index in [1.165, 1.54) is 0 Å². The van der Waals surface area contributed by atoms with Crippen molar-refractivity contribution in [3.63, 3.8) is 0 Å². The Kier molecular flexibility index (Phi) is 9.93. The molecule has 0 aromatic carbocycles. The van der Waals surface area contributed by atoms with E-state index in [-0.39, 0.29) is 12.3 Å². The maximum absolute atomic E-state index is 12.0. The third-order valence-electron chi connectivity index (χ3n) is 9.52. The largest absolute Gasteiger partial charge is 0.479 e. The van der Waals surface area contributed by atoms with Crippen LogP contribution in [0, 0.1) is 5.92 Å². The van der Waals surface area contributed by atoms with Crippen LogP contribution < -0.4 is 0 Å². The fourth-order valence-corrected chi connectivity index (χ4v) is 6.78. The molecule has 14 atom stereocenters. The molecule has 0 aromatic rings. The van der Waals surface area contributed by atoms with Crippen molar-refractivity contribution >= 4 is 5.97 Å². The summed E-state index contributed by atoms with van der Waals surface area (Å²) in [6.07, 6.45) is -8.04. The molecule has 0 bridgehead atoms. The van der Waals surface area contributed by atoms with E-state index in [1.807, 2.05) is 6.92 Å². The first-order chi connectivity index (χ1) is 19.6. The molecule has 3 saturated heterocycles. The number of aliphatic hydroxyl groups is 5. The van der Waals surface area contributed by atoms with Gasteiger partial charge < -0.3 is 59.1 Å². The van der Waals surface area contributed by atoms with Crippen molar-refractivity contribution in [3.05, 3.63) is 0 Å². The lowest BCUT2D eigenvalue weighted by molar-refractivity contribution is -0.357. The number of carbonyl (C=O) groups is 1. The number of fused-ring (bicyclic) bond motifs is 1. The minimum Gasteiger partial charge on any atom is -0.479 e. The van der Waals surface area contributed by atoms with Gasteiger partial charge in [0.25, 0.3) is 0 Å². The summed E-state index contributed by atoms with van der Waals surface area (Å²) in [4.78, 5) is 12.0. The summed E-state index contributed by atoms with van der Waals surface area (Å²) in [6, 6.07) is 0. The third kappa shape index (κ3) is 6.60. The monoisotopic (exact) mass is 590 g/mol. The summed E-state index contributed by atoms with van der Waals surface area (Å²) in [7, 11) is 0. The van der Waals surface area contributed by atoms with Crippen LogP contribution in [0.5, 0.6) is 0 Å². The minimum absolute atomic E-state index is 0.0198. The van der Waals surface area contributed by atoms with E-state index in [9.17, 15) is 35.4 Å². The number of carboxylic acid groups (broad SMARTS) is 1. The maximum atomic E-state index is 12.0. The zero-order valence-corrected chi connectivity index (χ0v) is 23.7. The van der Waals surface area contributed by atoms with Crippen molar-refractivity contribution in [2.75, 3.05) is 6.61 Å². The number of ether oxygens (including phenoxy) is 6. The van der Waals surface area contributed by atoms with Crippen LogP contribution >= 0.6 is 0 Å². The van der Waals surface area contributed by atoms with Gasteiger partial charge in [0.1, 0.15) is 42.7 Å². The normalized spacial score (nSPS) is 48.5. The van der Waals surface area contributed by atoms with Crippen LogP contribution in [0.1, 0.15) is 71.6 Å². The summed E-state index contributed by atoms with van der Waals surface area (Å²) in [5, 5.41) is 62.0. The Morgan fingerprint density at radius 1 is 0.854 bits per heavy atom. The molecule has 13 heteroatoms. The summed E-state index contributed by atoms with van der Waals surface area (Å²) in [5.41, 5.74) is -0.474. The molecule has 2 aliphatic carbocycles. The Hall–Kier alpha value is -0.970. The smallest absolute Gasteiger partial charge is 0.332 e. The highest BCUT2D eigenvalue weighted by Gasteiger charge is 2.56. The molecule has 13 nitrogen and oxygen atoms in total. The van der Waals surface area contributed by atoms with Crippen LogP contribution in [0.15, 0.2) is 0 Å². The average molecular weight is 591 g/mol. The predicted molar refractivity (Wildman–Crippen MR) is 138 cm³/mol. The number of hydrogen-bond acceptors (Lipinski definition) is 12. The first-order valence-corrected chi connectivity index (χ1v) is 15.1. The lowest BCUT2D eigenvalue weighted by atomic mass is 9.82. The van der Waals surface area contributed by atoms with Gasteiger partial charge in [0.2, 0.25) is 0 Å². The molecule has 5 rings (SSSR count). The minimum atomic E-state index is -1.47. The molecule has 5 aliphatic rings. The number of carboxylic acids is 1. The van der Waals surface area contributed by atoms with E-state index in [2.05, 4.69) is 0 Å². The van der Waals surface area contributed by atoms with Crippen LogP contribution in [0.25, 0.3) is 0 Å². The molecule has 5 fully saturated rings. The quantitative estimate of drug-likeness (QED) is 0.229. The number of hydrogen-bond donors (Lipinski definition) is 6. The van der Waals surface area contributed by atoms with Gasteiger partial charge in [-0.1, -0.05) is 19.8 Å². The standard InChI is InChI=1S/C28H46O13/c1-3-14-6-4-7-15(22(14)40-26-21(33)20(32)18(30)13(2)36-26)38-27-24-23(19(31)17(12-29)39-27)37-16(25(34)35)8-5-9-28(41-24)10-11-28/h13-24,26-27,29-33H,3-12H2,1-2H3,(H,34,35)/t13?,14?,15-,16-,17?,18-,19+,20?,21+,22?,23?,24?,26+,27-/m1/s1. The van der Waals surface area contributed by atoms with Gasteiger partial charge in [-0.05, 0) is 57.8 Å². The van der Waals surface area contributed by atoms with Crippen molar-refractivity contribution < 1.29 is 63.9 Å². The molecule has 3 heterocycles. The molecule has 236 valence electrons. The van der Waals surface area contributed by atoms with E-state index in [0.29, 0.717) is 19.3 Å². The highest BCUT2D eigenvalue weighted by atomic mass is 16.7. The fraction of sp³-hybridized carbons (Fsp3) is 0.964. The topological polar surface area (TPSA) is 194 Å². The van der Waals surface area contributed by atoms with Gasteiger partial charge in [-0.2, -0.15) is 0 Å². The number of aliphatic hydroxyl groups excluding tert-OH is 5. The molecular weight excluding hydrogens is 544 g/mol. The zero-order chi connectivity index (χ0) is 29.5. The van der Waals surface area contributed by atoms with Crippen LogP contribution in [0.4, 0.5) is 0 Å². The van der Waals surface area contributed by atoms with E-state index in [1.54, 1.807) is 6.92 Å². The molecule has 6 N–H and O–H groups in total. The predicted octanol–water partition coefficient (Wildman–Crippen LogP) is -0.187. The second-order valence-electron chi connectivity index (χ2n) is 12.4. The maximum Gasteiger partial charge on any atom is 0.332 e. The van der Waals surface area contributed by atoms with Gasteiger partial charge in [-0.25, -0.2) is 4.79 Å². The Bertz CT molecular complexity index is 885. The SMILES string of the molecule is CCC1CCC[C@@H](O[C@@H]2OC(CO)[C@H](O)C3O[C@@H](C(=O)O)CCCC4(CC4)OC32)C1O[C@@H]1OC(C)[C@@H](O)C(O)[C@@H]1O. The van der Waals surface area contributed by atoms with E-state index in [0.717, 1.165) is 32.1 Å². The lowest BCUT2D eigenvalue weighted by Gasteiger charge is -2.48. The van der Waals surface area contributed by atoms with Crippen LogP contribution in [0.3, 0.4) is 0 Å². The molecule has 7 unspecified atom stereocenters. The van der Waals surface area contributed by atoms with Crippen molar-refractivity contribution in [2.45, 2.75) is 157 Å². The van der Waals surface area contributed by atoms with Crippen molar-refractivity contribution in [1.82, 2.24) is 0 Å². The third-order valence-corrected chi connectivity index (χ3v) is 9.52. The van der Waals surface area contributed by atoms with E-state index in [4.69, 9.17) is 28.4 Å². The highest BCUT2D eigenvalue weighted by Crippen LogP contribution is 2.48. The number of rotatable bonds is 7. The molecule has 0 aromatic heterocycles. The molecule has 2 saturated carbocycles. The van der Waals surface area contributed by atoms with Crippen molar-refractivity contribution in [1.29, 1.82) is 0 Å². The van der Waals surface area contributed by atoms with Crippen LogP contribution in [-0.4, -0.2) is 129 Å². The summed E-state index contributed by atoms with van der Waals surface area (Å²) < 4.78 is 37.2. The fourth-order valence-electron chi connectivity index (χ4n) is 6.78. The summed E-state index contributed by atoms with van der Waals surface area (Å²) in [5.74, 6) is -1.11. The van der Waals surface area contributed by atoms with Crippen molar-refractivity contribution in [3.8, 4) is 0 Å². The summed E-state index contributed by atoms with van der Waals surface area (Å²) in [6.45, 7) is 3.07. The van der Waals surface area contributed by atoms with E-state index < -0.39 is 97.9 Å². The van der Waals surface area contributed by atoms with Gasteiger partial charge in [-0.3, -0.25) is 0 Å². The van der Waals surface area contributed by atoms with Gasteiger partial charge in [0.05, 0.1) is 30.5 Å². The van der Waals surface area contributed by atoms with Gasteiger partial charge >= 0.3 is 5.97 Å². The number of aliphatic carboxylic acids is 1. The Balaban J connectivity index is 1.40. The average Bonchev–Trinajstić information content (AvgIpc) is 3.70. The lowest BCUT2D eigenvalue weighted by Crippen LogP contribution is -2.64.